The molecule has 1 N–H and O–H groups in total. The molecule has 1 aliphatic heterocycles. The molecule has 1 aliphatic rings. The number of benzene rings is 1. The van der Waals surface area contributed by atoms with Crippen molar-refractivity contribution in [2.75, 3.05) is 13.1 Å². The van der Waals surface area contributed by atoms with E-state index in [9.17, 15) is 12.8 Å². The number of aromatic amines is 1. The summed E-state index contributed by atoms with van der Waals surface area (Å²) in [6, 6.07) is 4.88. The minimum atomic E-state index is -3.19. The van der Waals surface area contributed by atoms with Gasteiger partial charge in [0.25, 0.3) is 0 Å². The number of fused-ring (bicyclic) bond motifs is 1. The average Bonchev–Trinajstić information content (AvgIpc) is 3.28. The standard InChI is InChI=1S/C19H23FN4O2S.CH4/c1-13(2)27(25,26)23-7-5-16(6-8-23)24-12-14(10-22-24)18-11-21-19-9-15(20)3-4-17(18)19;/h3-4,9-13,16,21H,5-8H2,1-2H3;1H4. The monoisotopic (exact) mass is 406 g/mol. The van der Waals surface area contributed by atoms with Gasteiger partial charge in [-0.3, -0.25) is 4.68 Å². The van der Waals surface area contributed by atoms with Gasteiger partial charge in [0.05, 0.1) is 17.5 Å². The van der Waals surface area contributed by atoms with Crippen LogP contribution in [-0.2, 0) is 10.0 Å². The van der Waals surface area contributed by atoms with Gasteiger partial charge in [0.15, 0.2) is 0 Å². The third-order valence-electron chi connectivity index (χ3n) is 5.31. The van der Waals surface area contributed by atoms with Gasteiger partial charge in [-0.15, -0.1) is 0 Å². The second-order valence-corrected chi connectivity index (χ2v) is 9.81. The lowest BCUT2D eigenvalue weighted by Crippen LogP contribution is -2.42. The third kappa shape index (κ3) is 3.58. The molecule has 3 aromatic rings. The third-order valence-corrected chi connectivity index (χ3v) is 7.59. The first-order valence-electron chi connectivity index (χ1n) is 9.16. The van der Waals surface area contributed by atoms with Crippen molar-refractivity contribution in [1.29, 1.82) is 0 Å². The van der Waals surface area contributed by atoms with Crippen molar-refractivity contribution in [3.63, 3.8) is 0 Å². The summed E-state index contributed by atoms with van der Waals surface area (Å²) in [5.74, 6) is -0.269. The Morgan fingerprint density at radius 3 is 2.64 bits per heavy atom. The Kier molecular flexibility index (Phi) is 5.63. The summed E-state index contributed by atoms with van der Waals surface area (Å²) in [6.07, 6.45) is 7.15. The summed E-state index contributed by atoms with van der Waals surface area (Å²) in [6.45, 7) is 4.47. The summed E-state index contributed by atoms with van der Waals surface area (Å²) in [7, 11) is -3.19. The van der Waals surface area contributed by atoms with Gasteiger partial charge in [0.2, 0.25) is 10.0 Å². The molecule has 1 saturated heterocycles. The fraction of sp³-hybridized carbons (Fsp3) is 0.450. The second-order valence-electron chi connectivity index (χ2n) is 7.33. The first-order valence-corrected chi connectivity index (χ1v) is 10.7. The van der Waals surface area contributed by atoms with E-state index < -0.39 is 15.3 Å². The van der Waals surface area contributed by atoms with Crippen LogP contribution >= 0.6 is 0 Å². The quantitative estimate of drug-likeness (QED) is 0.706. The number of sulfonamides is 1. The van der Waals surface area contributed by atoms with E-state index in [2.05, 4.69) is 10.1 Å². The fourth-order valence-electron chi connectivity index (χ4n) is 3.67. The van der Waals surface area contributed by atoms with Crippen LogP contribution in [-0.4, -0.2) is 45.8 Å². The minimum absolute atomic E-state index is 0. The highest BCUT2D eigenvalue weighted by Gasteiger charge is 2.31. The highest BCUT2D eigenvalue weighted by Crippen LogP contribution is 2.31. The van der Waals surface area contributed by atoms with Gasteiger partial charge in [-0.25, -0.2) is 17.1 Å². The molecule has 28 heavy (non-hydrogen) atoms. The lowest BCUT2D eigenvalue weighted by Gasteiger charge is -2.32. The van der Waals surface area contributed by atoms with Crippen molar-refractivity contribution < 1.29 is 12.8 Å². The second kappa shape index (κ2) is 7.67. The zero-order valence-electron chi connectivity index (χ0n) is 15.4. The zero-order valence-corrected chi connectivity index (χ0v) is 16.2. The van der Waals surface area contributed by atoms with E-state index in [1.54, 1.807) is 24.2 Å². The van der Waals surface area contributed by atoms with Gasteiger partial charge < -0.3 is 4.98 Å². The highest BCUT2D eigenvalue weighted by atomic mass is 32.2. The van der Waals surface area contributed by atoms with Gasteiger partial charge in [-0.1, -0.05) is 7.43 Å². The predicted molar refractivity (Wildman–Crippen MR) is 110 cm³/mol. The molecule has 2 aromatic heterocycles. The molecule has 6 nitrogen and oxygen atoms in total. The van der Waals surface area contributed by atoms with Crippen LogP contribution in [0.2, 0.25) is 0 Å². The lowest BCUT2D eigenvalue weighted by atomic mass is 10.1. The number of piperidine rings is 1. The van der Waals surface area contributed by atoms with Crippen LogP contribution in [0.25, 0.3) is 22.0 Å². The number of hydrogen-bond donors (Lipinski definition) is 1. The summed E-state index contributed by atoms with van der Waals surface area (Å²) in [4.78, 5) is 3.10. The van der Waals surface area contributed by atoms with Gasteiger partial charge in [-0.05, 0) is 44.9 Å². The SMILES string of the molecule is C.CC(C)S(=O)(=O)N1CCC(n2cc(-c3c[nH]c4cc(F)ccc34)cn2)CC1. The van der Waals surface area contributed by atoms with Crippen LogP contribution in [0.1, 0.15) is 40.2 Å². The topological polar surface area (TPSA) is 71.0 Å². The van der Waals surface area contributed by atoms with E-state index in [-0.39, 0.29) is 19.3 Å². The Hall–Kier alpha value is -2.19. The summed E-state index contributed by atoms with van der Waals surface area (Å²) >= 11 is 0. The first kappa shape index (κ1) is 20.5. The average molecular weight is 407 g/mol. The molecular formula is C20H27FN4O2S. The largest absolute Gasteiger partial charge is 0.360 e. The molecule has 0 spiro atoms. The minimum Gasteiger partial charge on any atom is -0.360 e. The number of H-pyrrole nitrogens is 1. The summed E-state index contributed by atoms with van der Waals surface area (Å²) < 4.78 is 41.5. The maximum atomic E-state index is 13.4. The lowest BCUT2D eigenvalue weighted by molar-refractivity contribution is 0.260. The fourth-order valence-corrected chi connectivity index (χ4v) is 4.99. The molecule has 0 radical (unpaired) electrons. The van der Waals surface area contributed by atoms with E-state index in [0.29, 0.717) is 13.1 Å². The Balaban J connectivity index is 0.00000225. The van der Waals surface area contributed by atoms with Crippen LogP contribution in [0, 0.1) is 5.82 Å². The summed E-state index contributed by atoms with van der Waals surface area (Å²) in [5, 5.41) is 5.06. The van der Waals surface area contributed by atoms with Crippen molar-refractivity contribution >= 4 is 20.9 Å². The molecule has 8 heteroatoms. The molecule has 0 saturated carbocycles. The van der Waals surface area contributed by atoms with Crippen molar-refractivity contribution in [3.05, 3.63) is 42.6 Å². The van der Waals surface area contributed by atoms with Crippen molar-refractivity contribution in [2.45, 2.75) is 45.4 Å². The maximum Gasteiger partial charge on any atom is 0.216 e. The van der Waals surface area contributed by atoms with Crippen molar-refractivity contribution in [1.82, 2.24) is 19.1 Å². The molecule has 4 rings (SSSR count). The molecule has 1 fully saturated rings. The van der Waals surface area contributed by atoms with Crippen molar-refractivity contribution in [3.8, 4) is 11.1 Å². The van der Waals surface area contributed by atoms with Gasteiger partial charge >= 0.3 is 0 Å². The number of rotatable bonds is 4. The smallest absolute Gasteiger partial charge is 0.216 e. The number of aromatic nitrogens is 3. The molecule has 0 unspecified atom stereocenters. The van der Waals surface area contributed by atoms with Crippen LogP contribution < -0.4 is 0 Å². The highest BCUT2D eigenvalue weighted by molar-refractivity contribution is 7.89. The van der Waals surface area contributed by atoms with E-state index in [0.717, 1.165) is 34.9 Å². The van der Waals surface area contributed by atoms with E-state index in [4.69, 9.17) is 0 Å². The molecule has 3 heterocycles. The van der Waals surface area contributed by atoms with E-state index in [1.807, 2.05) is 23.3 Å². The molecule has 0 bridgehead atoms. The number of nitrogens with one attached hydrogen (secondary N) is 1. The Morgan fingerprint density at radius 1 is 1.25 bits per heavy atom. The van der Waals surface area contributed by atoms with E-state index in [1.165, 1.54) is 12.1 Å². The molecule has 0 amide bonds. The number of hydrogen-bond acceptors (Lipinski definition) is 3. The number of nitrogens with zero attached hydrogens (tertiary/aromatic N) is 3. The van der Waals surface area contributed by atoms with Crippen LogP contribution in [0.5, 0.6) is 0 Å². The van der Waals surface area contributed by atoms with Crippen LogP contribution in [0.4, 0.5) is 4.39 Å². The van der Waals surface area contributed by atoms with Gasteiger partial charge in [0, 0.05) is 47.5 Å². The zero-order chi connectivity index (χ0) is 19.2. The molecule has 1 aromatic carbocycles. The molecule has 0 aliphatic carbocycles. The Morgan fingerprint density at radius 2 is 1.96 bits per heavy atom. The predicted octanol–water partition coefficient (Wildman–Crippen LogP) is 4.18. The first-order chi connectivity index (χ1) is 12.9. The Labute approximate surface area is 165 Å². The molecule has 0 atom stereocenters. The molecule has 152 valence electrons. The van der Waals surface area contributed by atoms with Crippen molar-refractivity contribution in [2.24, 2.45) is 0 Å². The Bertz CT molecular complexity index is 1060. The normalized spacial score (nSPS) is 16.6. The summed E-state index contributed by atoms with van der Waals surface area (Å²) in [5.41, 5.74) is 2.70. The van der Waals surface area contributed by atoms with Crippen LogP contribution in [0.3, 0.4) is 0 Å². The van der Waals surface area contributed by atoms with Crippen LogP contribution in [0.15, 0.2) is 36.8 Å². The van der Waals surface area contributed by atoms with Gasteiger partial charge in [0.1, 0.15) is 5.82 Å². The maximum absolute atomic E-state index is 13.4. The number of halogens is 1. The molecular weight excluding hydrogens is 379 g/mol. The van der Waals surface area contributed by atoms with Gasteiger partial charge in [-0.2, -0.15) is 5.10 Å². The van der Waals surface area contributed by atoms with E-state index >= 15 is 0 Å².